The van der Waals surface area contributed by atoms with Crippen LogP contribution in [-0.4, -0.2) is 24.9 Å². The van der Waals surface area contributed by atoms with E-state index in [-0.39, 0.29) is 23.7 Å². The molecule has 0 aromatic heterocycles. The number of carbonyl (C=O) groups excluding carboxylic acids is 2. The highest BCUT2D eigenvalue weighted by Crippen LogP contribution is 2.29. The van der Waals surface area contributed by atoms with Gasteiger partial charge in [-0.1, -0.05) is 19.4 Å². The van der Waals surface area contributed by atoms with E-state index in [0.29, 0.717) is 6.54 Å². The number of unbranched alkanes of at least 4 members (excludes halogenated alkanes) is 1. The van der Waals surface area contributed by atoms with Gasteiger partial charge in [0.2, 0.25) is 11.8 Å². The molecule has 0 spiro atoms. The molecule has 4 nitrogen and oxygen atoms in total. The molecule has 2 amide bonds. The Morgan fingerprint density at radius 1 is 1.11 bits per heavy atom. The molecule has 0 saturated heterocycles. The van der Waals surface area contributed by atoms with Crippen molar-refractivity contribution in [2.45, 2.75) is 45.4 Å². The summed E-state index contributed by atoms with van der Waals surface area (Å²) in [5, 5.41) is 5.81. The summed E-state index contributed by atoms with van der Waals surface area (Å²) in [5.74, 6) is 0.433. The summed E-state index contributed by atoms with van der Waals surface area (Å²) < 4.78 is 0. The zero-order chi connectivity index (χ0) is 14.1. The summed E-state index contributed by atoms with van der Waals surface area (Å²) in [4.78, 5) is 23.7. The molecule has 0 bridgehead atoms. The molecule has 4 heteroatoms. The van der Waals surface area contributed by atoms with Gasteiger partial charge in [0.25, 0.3) is 0 Å². The molecular formula is C15H26N2O2. The molecule has 0 heterocycles. The Morgan fingerprint density at radius 2 is 1.63 bits per heavy atom. The van der Waals surface area contributed by atoms with Crippen LogP contribution >= 0.6 is 0 Å². The molecule has 108 valence electrons. The van der Waals surface area contributed by atoms with Gasteiger partial charge in [0.05, 0.1) is 0 Å². The maximum atomic E-state index is 11.9. The van der Waals surface area contributed by atoms with E-state index in [9.17, 15) is 9.59 Å². The number of hydrogen-bond acceptors (Lipinski definition) is 2. The SMILES string of the molecule is C=CCNC(=O)C1CCC(C(=O)NCCCC)CC1. The highest BCUT2D eigenvalue weighted by Gasteiger charge is 2.29. The second-order valence-corrected chi connectivity index (χ2v) is 5.23. The highest BCUT2D eigenvalue weighted by atomic mass is 16.2. The third-order valence-corrected chi connectivity index (χ3v) is 3.72. The fourth-order valence-electron chi connectivity index (χ4n) is 2.47. The minimum atomic E-state index is 0.0691. The summed E-state index contributed by atoms with van der Waals surface area (Å²) in [6.07, 6.45) is 7.09. The van der Waals surface area contributed by atoms with Crippen molar-refractivity contribution in [3.05, 3.63) is 12.7 Å². The van der Waals surface area contributed by atoms with E-state index in [0.717, 1.165) is 45.1 Å². The number of rotatable bonds is 7. The van der Waals surface area contributed by atoms with Crippen LogP contribution in [0.3, 0.4) is 0 Å². The largest absolute Gasteiger partial charge is 0.356 e. The van der Waals surface area contributed by atoms with Gasteiger partial charge in [-0.15, -0.1) is 6.58 Å². The van der Waals surface area contributed by atoms with Gasteiger partial charge in [0.15, 0.2) is 0 Å². The van der Waals surface area contributed by atoms with Crippen molar-refractivity contribution in [2.75, 3.05) is 13.1 Å². The lowest BCUT2D eigenvalue weighted by atomic mass is 9.81. The Morgan fingerprint density at radius 3 is 2.11 bits per heavy atom. The summed E-state index contributed by atoms with van der Waals surface area (Å²) >= 11 is 0. The van der Waals surface area contributed by atoms with Gasteiger partial charge in [-0.25, -0.2) is 0 Å². The number of hydrogen-bond donors (Lipinski definition) is 2. The fourth-order valence-corrected chi connectivity index (χ4v) is 2.47. The molecule has 0 aromatic carbocycles. The maximum absolute atomic E-state index is 11.9. The van der Waals surface area contributed by atoms with E-state index in [1.54, 1.807) is 6.08 Å². The first-order chi connectivity index (χ1) is 9.19. The number of amides is 2. The molecule has 0 radical (unpaired) electrons. The molecule has 0 aliphatic heterocycles. The van der Waals surface area contributed by atoms with E-state index < -0.39 is 0 Å². The zero-order valence-electron chi connectivity index (χ0n) is 11.9. The summed E-state index contributed by atoms with van der Waals surface area (Å²) in [6, 6.07) is 0. The van der Waals surface area contributed by atoms with Crippen molar-refractivity contribution < 1.29 is 9.59 Å². The van der Waals surface area contributed by atoms with Crippen LogP contribution in [0.1, 0.15) is 45.4 Å². The Kier molecular flexibility index (Phi) is 7.23. The lowest BCUT2D eigenvalue weighted by Gasteiger charge is -2.26. The van der Waals surface area contributed by atoms with Gasteiger partial charge < -0.3 is 10.6 Å². The predicted octanol–water partition coefficient (Wildman–Crippen LogP) is 2.01. The second-order valence-electron chi connectivity index (χ2n) is 5.23. The van der Waals surface area contributed by atoms with E-state index >= 15 is 0 Å². The molecule has 0 unspecified atom stereocenters. The van der Waals surface area contributed by atoms with E-state index in [2.05, 4.69) is 24.1 Å². The Labute approximate surface area is 116 Å². The Bertz CT molecular complexity index is 307. The molecule has 0 aromatic rings. The average Bonchev–Trinajstić information content (AvgIpc) is 2.45. The molecule has 1 saturated carbocycles. The van der Waals surface area contributed by atoms with Crippen LogP contribution in [0.2, 0.25) is 0 Å². The molecule has 1 aliphatic rings. The summed E-state index contributed by atoms with van der Waals surface area (Å²) in [7, 11) is 0. The van der Waals surface area contributed by atoms with E-state index in [1.807, 2.05) is 0 Å². The monoisotopic (exact) mass is 266 g/mol. The first kappa shape index (κ1) is 15.7. The maximum Gasteiger partial charge on any atom is 0.223 e. The predicted molar refractivity (Wildman–Crippen MR) is 76.6 cm³/mol. The first-order valence-electron chi connectivity index (χ1n) is 7.35. The van der Waals surface area contributed by atoms with Crippen molar-refractivity contribution in [2.24, 2.45) is 11.8 Å². The van der Waals surface area contributed by atoms with Crippen LogP contribution in [0, 0.1) is 11.8 Å². The molecule has 1 rings (SSSR count). The Balaban J connectivity index is 2.26. The second kappa shape index (κ2) is 8.73. The highest BCUT2D eigenvalue weighted by molar-refractivity contribution is 5.81. The zero-order valence-corrected chi connectivity index (χ0v) is 11.9. The normalized spacial score (nSPS) is 22.6. The third kappa shape index (κ3) is 5.45. The van der Waals surface area contributed by atoms with Crippen LogP contribution in [0.5, 0.6) is 0 Å². The van der Waals surface area contributed by atoms with Crippen molar-refractivity contribution in [1.82, 2.24) is 10.6 Å². The van der Waals surface area contributed by atoms with Gasteiger partial charge >= 0.3 is 0 Å². The molecule has 1 aliphatic carbocycles. The van der Waals surface area contributed by atoms with Gasteiger partial charge in [-0.3, -0.25) is 9.59 Å². The molecule has 0 atom stereocenters. The fraction of sp³-hybridized carbons (Fsp3) is 0.733. The van der Waals surface area contributed by atoms with Crippen molar-refractivity contribution in [3.8, 4) is 0 Å². The number of carbonyl (C=O) groups is 2. The van der Waals surface area contributed by atoms with Gasteiger partial charge in [0.1, 0.15) is 0 Å². The van der Waals surface area contributed by atoms with Crippen LogP contribution in [0.15, 0.2) is 12.7 Å². The van der Waals surface area contributed by atoms with Crippen LogP contribution in [-0.2, 0) is 9.59 Å². The minimum absolute atomic E-state index is 0.0691. The first-order valence-corrected chi connectivity index (χ1v) is 7.35. The van der Waals surface area contributed by atoms with Crippen molar-refractivity contribution in [1.29, 1.82) is 0 Å². The molecule has 2 N–H and O–H groups in total. The molecule has 19 heavy (non-hydrogen) atoms. The van der Waals surface area contributed by atoms with Gasteiger partial charge in [0, 0.05) is 24.9 Å². The molecular weight excluding hydrogens is 240 g/mol. The Hall–Kier alpha value is -1.32. The summed E-state index contributed by atoms with van der Waals surface area (Å²) in [5.41, 5.74) is 0. The minimum Gasteiger partial charge on any atom is -0.356 e. The average molecular weight is 266 g/mol. The smallest absolute Gasteiger partial charge is 0.223 e. The summed E-state index contributed by atoms with van der Waals surface area (Å²) in [6.45, 7) is 6.99. The van der Waals surface area contributed by atoms with Crippen molar-refractivity contribution >= 4 is 11.8 Å². The van der Waals surface area contributed by atoms with Crippen LogP contribution in [0.25, 0.3) is 0 Å². The quantitative estimate of drug-likeness (QED) is 0.547. The van der Waals surface area contributed by atoms with Crippen LogP contribution in [0.4, 0.5) is 0 Å². The van der Waals surface area contributed by atoms with E-state index in [4.69, 9.17) is 0 Å². The lowest BCUT2D eigenvalue weighted by molar-refractivity contribution is -0.130. The van der Waals surface area contributed by atoms with Crippen molar-refractivity contribution in [3.63, 3.8) is 0 Å². The topological polar surface area (TPSA) is 58.2 Å². The van der Waals surface area contributed by atoms with Crippen LogP contribution < -0.4 is 10.6 Å². The molecule has 1 fully saturated rings. The van der Waals surface area contributed by atoms with E-state index in [1.165, 1.54) is 0 Å². The standard InChI is InChI=1S/C15H26N2O2/c1-3-5-11-17-15(19)13-8-6-12(7-9-13)14(18)16-10-4-2/h4,12-13H,2-3,5-11H2,1H3,(H,16,18)(H,17,19). The van der Waals surface area contributed by atoms with Gasteiger partial charge in [-0.2, -0.15) is 0 Å². The number of nitrogens with one attached hydrogen (secondary N) is 2. The lowest BCUT2D eigenvalue weighted by Crippen LogP contribution is -2.37. The van der Waals surface area contributed by atoms with Gasteiger partial charge in [-0.05, 0) is 32.1 Å². The third-order valence-electron chi connectivity index (χ3n) is 3.72.